The van der Waals surface area contributed by atoms with Gasteiger partial charge in [0.2, 0.25) is 0 Å². The molecule has 2 heterocycles. The summed E-state index contributed by atoms with van der Waals surface area (Å²) in [7, 11) is 0. The molecule has 0 atom stereocenters. The lowest BCUT2D eigenvalue weighted by atomic mass is 10.0. The van der Waals surface area contributed by atoms with E-state index < -0.39 is 0 Å². The molecule has 0 radical (unpaired) electrons. The number of H-pyrrole nitrogens is 1. The van der Waals surface area contributed by atoms with E-state index in [9.17, 15) is 0 Å². The van der Waals surface area contributed by atoms with Gasteiger partial charge in [0, 0.05) is 23.5 Å². The van der Waals surface area contributed by atoms with Crippen LogP contribution in [0.15, 0.2) is 55.0 Å². The second-order valence-electron chi connectivity index (χ2n) is 4.08. The number of pyridine rings is 1. The molecule has 90 valence electrons. The molecule has 4 nitrogen and oxygen atoms in total. The van der Waals surface area contributed by atoms with Crippen LogP contribution >= 0.6 is 0 Å². The van der Waals surface area contributed by atoms with Crippen molar-refractivity contribution in [2.75, 3.05) is 0 Å². The largest absolute Gasteiger partial charge is 0.277 e. The van der Waals surface area contributed by atoms with Gasteiger partial charge in [-0.05, 0) is 29.8 Å². The number of nitrogens with one attached hydrogen (secondary N) is 1. The van der Waals surface area contributed by atoms with E-state index in [-0.39, 0.29) is 0 Å². The number of rotatable bonds is 2. The summed E-state index contributed by atoms with van der Waals surface area (Å²) in [5.41, 5.74) is 4.67. The Morgan fingerprint density at radius 3 is 2.37 bits per heavy atom. The Morgan fingerprint density at radius 2 is 1.68 bits per heavy atom. The van der Waals surface area contributed by atoms with Crippen molar-refractivity contribution < 1.29 is 0 Å². The lowest BCUT2D eigenvalue weighted by Crippen LogP contribution is -1.83. The molecule has 0 saturated carbocycles. The average molecular weight is 246 g/mol. The molecule has 4 heteroatoms. The predicted molar refractivity (Wildman–Crippen MR) is 72.0 cm³/mol. The zero-order valence-corrected chi connectivity index (χ0v) is 10.0. The van der Waals surface area contributed by atoms with E-state index in [2.05, 4.69) is 21.3 Å². The van der Waals surface area contributed by atoms with Crippen LogP contribution in [0, 0.1) is 11.3 Å². The lowest BCUT2D eigenvalue weighted by molar-refractivity contribution is 1.10. The van der Waals surface area contributed by atoms with Crippen molar-refractivity contribution in [1.29, 1.82) is 5.26 Å². The summed E-state index contributed by atoms with van der Waals surface area (Å²) in [6, 6.07) is 13.4. The quantitative estimate of drug-likeness (QED) is 0.755. The summed E-state index contributed by atoms with van der Waals surface area (Å²) in [5, 5.41) is 15.9. The Bertz CT molecular complexity index is 721. The number of benzene rings is 1. The fourth-order valence-electron chi connectivity index (χ4n) is 1.97. The van der Waals surface area contributed by atoms with Crippen molar-refractivity contribution in [3.05, 3.63) is 60.6 Å². The molecule has 2 aromatic heterocycles. The second-order valence-corrected chi connectivity index (χ2v) is 4.08. The topological polar surface area (TPSA) is 65.4 Å². The van der Waals surface area contributed by atoms with Crippen molar-refractivity contribution in [2.24, 2.45) is 0 Å². The summed E-state index contributed by atoms with van der Waals surface area (Å²) in [6.07, 6.45) is 5.30. The van der Waals surface area contributed by atoms with Crippen LogP contribution in [0.25, 0.3) is 22.4 Å². The smallest absolute Gasteiger partial charge is 0.0991 e. The van der Waals surface area contributed by atoms with Crippen molar-refractivity contribution >= 4 is 0 Å². The summed E-state index contributed by atoms with van der Waals surface area (Å²) < 4.78 is 0. The molecular weight excluding hydrogens is 236 g/mol. The SMILES string of the molecule is N#Cc1ccc(-c2[nH]ncc2-c2ccncc2)cc1. The number of hydrogen-bond donors (Lipinski definition) is 1. The molecule has 0 aliphatic heterocycles. The fourth-order valence-corrected chi connectivity index (χ4v) is 1.97. The van der Waals surface area contributed by atoms with Crippen molar-refractivity contribution in [1.82, 2.24) is 15.2 Å². The number of nitrogens with zero attached hydrogens (tertiary/aromatic N) is 3. The van der Waals surface area contributed by atoms with Crippen LogP contribution in [0.1, 0.15) is 5.56 Å². The summed E-state index contributed by atoms with van der Waals surface area (Å²) in [4.78, 5) is 4.01. The first kappa shape index (κ1) is 11.2. The standard InChI is InChI=1S/C15H10N4/c16-9-11-1-3-13(4-2-11)15-14(10-18-19-15)12-5-7-17-8-6-12/h1-8,10H,(H,18,19). The van der Waals surface area contributed by atoms with Crippen LogP contribution in [0.5, 0.6) is 0 Å². The van der Waals surface area contributed by atoms with Gasteiger partial charge in [-0.1, -0.05) is 12.1 Å². The molecule has 0 amide bonds. The number of hydrogen-bond acceptors (Lipinski definition) is 3. The first-order valence-electron chi connectivity index (χ1n) is 5.83. The molecule has 0 bridgehead atoms. The van der Waals surface area contributed by atoms with Crippen LogP contribution in [0.4, 0.5) is 0 Å². The van der Waals surface area contributed by atoms with Gasteiger partial charge in [-0.3, -0.25) is 10.1 Å². The lowest BCUT2D eigenvalue weighted by Gasteiger charge is -2.03. The Labute approximate surface area is 110 Å². The maximum absolute atomic E-state index is 8.81. The molecular formula is C15H10N4. The number of nitriles is 1. The van der Waals surface area contributed by atoms with E-state index in [1.165, 1.54) is 0 Å². The van der Waals surface area contributed by atoms with E-state index in [0.29, 0.717) is 5.56 Å². The minimum Gasteiger partial charge on any atom is -0.277 e. The predicted octanol–water partition coefficient (Wildman–Crippen LogP) is 3.01. The maximum Gasteiger partial charge on any atom is 0.0991 e. The first-order chi connectivity index (χ1) is 9.38. The molecule has 0 aliphatic carbocycles. The molecule has 1 N–H and O–H groups in total. The maximum atomic E-state index is 8.81. The monoisotopic (exact) mass is 246 g/mol. The normalized spacial score (nSPS) is 10.1. The van der Waals surface area contributed by atoms with Crippen LogP contribution < -0.4 is 0 Å². The van der Waals surface area contributed by atoms with Gasteiger partial charge in [-0.15, -0.1) is 0 Å². The van der Waals surface area contributed by atoms with E-state index in [1.54, 1.807) is 30.7 Å². The fraction of sp³-hybridized carbons (Fsp3) is 0. The molecule has 1 aromatic carbocycles. The summed E-state index contributed by atoms with van der Waals surface area (Å²) in [5.74, 6) is 0. The van der Waals surface area contributed by atoms with Crippen LogP contribution in [-0.4, -0.2) is 15.2 Å². The highest BCUT2D eigenvalue weighted by Gasteiger charge is 2.09. The summed E-state index contributed by atoms with van der Waals surface area (Å²) >= 11 is 0. The van der Waals surface area contributed by atoms with Crippen LogP contribution in [-0.2, 0) is 0 Å². The minimum atomic E-state index is 0.647. The van der Waals surface area contributed by atoms with Crippen molar-refractivity contribution in [3.63, 3.8) is 0 Å². The molecule has 0 saturated heterocycles. The summed E-state index contributed by atoms with van der Waals surface area (Å²) in [6.45, 7) is 0. The molecule has 0 fully saturated rings. The average Bonchev–Trinajstić information content (AvgIpc) is 2.98. The highest BCUT2D eigenvalue weighted by molar-refractivity contribution is 5.80. The molecule has 19 heavy (non-hydrogen) atoms. The third-order valence-electron chi connectivity index (χ3n) is 2.93. The van der Waals surface area contributed by atoms with Gasteiger partial charge in [0.1, 0.15) is 0 Å². The van der Waals surface area contributed by atoms with Crippen LogP contribution in [0.2, 0.25) is 0 Å². The van der Waals surface area contributed by atoms with E-state index in [4.69, 9.17) is 5.26 Å². The van der Waals surface area contributed by atoms with E-state index in [1.807, 2.05) is 24.3 Å². The van der Waals surface area contributed by atoms with Gasteiger partial charge in [0.05, 0.1) is 23.5 Å². The van der Waals surface area contributed by atoms with Gasteiger partial charge >= 0.3 is 0 Å². The highest BCUT2D eigenvalue weighted by Crippen LogP contribution is 2.29. The van der Waals surface area contributed by atoms with Gasteiger partial charge < -0.3 is 0 Å². The van der Waals surface area contributed by atoms with Crippen molar-refractivity contribution in [3.8, 4) is 28.5 Å². The Kier molecular flexibility index (Phi) is 2.79. The van der Waals surface area contributed by atoms with Gasteiger partial charge in [-0.2, -0.15) is 10.4 Å². The highest BCUT2D eigenvalue weighted by atomic mass is 15.1. The third-order valence-corrected chi connectivity index (χ3v) is 2.93. The molecule has 0 unspecified atom stereocenters. The first-order valence-corrected chi connectivity index (χ1v) is 5.83. The Morgan fingerprint density at radius 1 is 0.947 bits per heavy atom. The number of aromatic nitrogens is 3. The zero-order valence-electron chi connectivity index (χ0n) is 10.0. The van der Waals surface area contributed by atoms with E-state index in [0.717, 1.165) is 22.4 Å². The van der Waals surface area contributed by atoms with Gasteiger partial charge in [-0.25, -0.2) is 0 Å². The Hall–Kier alpha value is -2.93. The molecule has 3 rings (SSSR count). The van der Waals surface area contributed by atoms with E-state index >= 15 is 0 Å². The van der Waals surface area contributed by atoms with Crippen molar-refractivity contribution in [2.45, 2.75) is 0 Å². The zero-order chi connectivity index (χ0) is 13.1. The van der Waals surface area contributed by atoms with Gasteiger partial charge in [0.15, 0.2) is 0 Å². The second kappa shape index (κ2) is 4.75. The molecule has 0 spiro atoms. The molecule has 3 aromatic rings. The Balaban J connectivity index is 2.07. The third kappa shape index (κ3) is 2.09. The number of aromatic amines is 1. The van der Waals surface area contributed by atoms with Gasteiger partial charge in [0.25, 0.3) is 0 Å². The molecule has 0 aliphatic rings. The minimum absolute atomic E-state index is 0.647. The van der Waals surface area contributed by atoms with Crippen LogP contribution in [0.3, 0.4) is 0 Å².